The number of piperazine rings is 1. The Morgan fingerprint density at radius 1 is 1.24 bits per heavy atom. The zero-order valence-electron chi connectivity index (χ0n) is 12.6. The van der Waals surface area contributed by atoms with Gasteiger partial charge in [0.1, 0.15) is 0 Å². The second-order valence-electron chi connectivity index (χ2n) is 5.54. The minimum Gasteiger partial charge on any atom is -0.368 e. The number of nitrogens with zero attached hydrogens (tertiary/aromatic N) is 2. The van der Waals surface area contributed by atoms with Gasteiger partial charge in [-0.3, -0.25) is 4.79 Å². The maximum Gasteiger partial charge on any atom is 0.239 e. The monoisotopic (exact) mass is 309 g/mol. The molecule has 21 heavy (non-hydrogen) atoms. The van der Waals surface area contributed by atoms with Crippen LogP contribution in [0.25, 0.3) is 0 Å². The van der Waals surface area contributed by atoms with E-state index in [1.807, 2.05) is 29.2 Å². The summed E-state index contributed by atoms with van der Waals surface area (Å²) in [5.41, 5.74) is 7.13. The third-order valence-corrected chi connectivity index (χ3v) is 4.22. The summed E-state index contributed by atoms with van der Waals surface area (Å²) in [5.74, 6) is 0.0965. The molecule has 2 rings (SSSR count). The number of hydrogen-bond donors (Lipinski definition) is 1. The van der Waals surface area contributed by atoms with E-state index < -0.39 is 0 Å². The van der Waals surface area contributed by atoms with Crippen molar-refractivity contribution in [2.45, 2.75) is 32.2 Å². The van der Waals surface area contributed by atoms with Gasteiger partial charge >= 0.3 is 0 Å². The quantitative estimate of drug-likeness (QED) is 0.909. The summed E-state index contributed by atoms with van der Waals surface area (Å²) in [6.45, 7) is 5.27. The lowest BCUT2D eigenvalue weighted by Gasteiger charge is -2.37. The average Bonchev–Trinajstić information content (AvgIpc) is 2.53. The van der Waals surface area contributed by atoms with Crippen molar-refractivity contribution in [1.29, 1.82) is 0 Å². The first kappa shape index (κ1) is 16.1. The van der Waals surface area contributed by atoms with E-state index in [-0.39, 0.29) is 11.9 Å². The third-order valence-electron chi connectivity index (χ3n) is 3.97. The van der Waals surface area contributed by atoms with Crippen molar-refractivity contribution in [2.75, 3.05) is 31.1 Å². The van der Waals surface area contributed by atoms with Crippen LogP contribution in [0.2, 0.25) is 5.02 Å². The van der Waals surface area contributed by atoms with Gasteiger partial charge in [-0.2, -0.15) is 0 Å². The number of carbonyl (C=O) groups excluding carboxylic acids is 1. The molecule has 5 heteroatoms. The Bertz CT molecular complexity index is 455. The molecule has 1 unspecified atom stereocenters. The van der Waals surface area contributed by atoms with Crippen molar-refractivity contribution in [2.24, 2.45) is 5.73 Å². The van der Waals surface area contributed by atoms with E-state index >= 15 is 0 Å². The Balaban J connectivity index is 1.85. The van der Waals surface area contributed by atoms with E-state index in [2.05, 4.69) is 11.8 Å². The number of benzene rings is 1. The van der Waals surface area contributed by atoms with E-state index in [0.29, 0.717) is 0 Å². The van der Waals surface area contributed by atoms with Crippen LogP contribution < -0.4 is 10.6 Å². The van der Waals surface area contributed by atoms with E-state index in [0.717, 1.165) is 56.2 Å². The van der Waals surface area contributed by atoms with Crippen LogP contribution in [0, 0.1) is 0 Å². The average molecular weight is 310 g/mol. The molecule has 1 fully saturated rings. The molecule has 116 valence electrons. The third kappa shape index (κ3) is 4.35. The molecule has 1 saturated heterocycles. The van der Waals surface area contributed by atoms with Crippen LogP contribution in [-0.2, 0) is 4.79 Å². The van der Waals surface area contributed by atoms with Gasteiger partial charge in [-0.25, -0.2) is 0 Å². The molecule has 0 saturated carbocycles. The Morgan fingerprint density at radius 2 is 1.86 bits per heavy atom. The van der Waals surface area contributed by atoms with E-state index in [1.54, 1.807) is 0 Å². The van der Waals surface area contributed by atoms with E-state index in [9.17, 15) is 4.79 Å². The smallest absolute Gasteiger partial charge is 0.239 e. The van der Waals surface area contributed by atoms with Crippen LogP contribution in [0.4, 0.5) is 5.69 Å². The van der Waals surface area contributed by atoms with Gasteiger partial charge in [-0.1, -0.05) is 31.4 Å². The van der Waals surface area contributed by atoms with Gasteiger partial charge in [0.05, 0.1) is 6.04 Å². The van der Waals surface area contributed by atoms with Crippen molar-refractivity contribution in [3.8, 4) is 0 Å². The number of anilines is 1. The Hall–Kier alpha value is -1.26. The van der Waals surface area contributed by atoms with Crippen molar-refractivity contribution in [3.63, 3.8) is 0 Å². The zero-order chi connectivity index (χ0) is 15.2. The molecule has 0 aromatic heterocycles. The maximum absolute atomic E-state index is 12.3. The summed E-state index contributed by atoms with van der Waals surface area (Å²) in [5, 5.41) is 0.745. The predicted octanol–water partition coefficient (Wildman–Crippen LogP) is 2.51. The molecule has 1 aromatic carbocycles. The standard InChI is InChI=1S/C16H24ClN3O/c1-2-3-4-15(18)16(21)20-11-9-19(10-12-20)14-7-5-13(17)6-8-14/h5-8,15H,2-4,9-12,18H2,1H3. The first-order chi connectivity index (χ1) is 10.1. The lowest BCUT2D eigenvalue weighted by atomic mass is 10.1. The molecule has 2 N–H and O–H groups in total. The van der Waals surface area contributed by atoms with Gasteiger partial charge in [-0.05, 0) is 30.7 Å². The number of unbranched alkanes of at least 4 members (excludes halogenated alkanes) is 1. The van der Waals surface area contributed by atoms with Crippen LogP contribution >= 0.6 is 11.6 Å². The molecule has 1 heterocycles. The molecule has 0 radical (unpaired) electrons. The molecular weight excluding hydrogens is 286 g/mol. The Labute approximate surface area is 131 Å². The van der Waals surface area contributed by atoms with Gasteiger partial charge in [0.15, 0.2) is 0 Å². The van der Waals surface area contributed by atoms with Gasteiger partial charge in [0.25, 0.3) is 0 Å². The predicted molar refractivity (Wildman–Crippen MR) is 87.7 cm³/mol. The topological polar surface area (TPSA) is 49.6 Å². The van der Waals surface area contributed by atoms with Gasteiger partial charge in [0.2, 0.25) is 5.91 Å². The number of hydrogen-bond acceptors (Lipinski definition) is 3. The van der Waals surface area contributed by atoms with Crippen molar-refractivity contribution in [1.82, 2.24) is 4.90 Å². The summed E-state index contributed by atoms with van der Waals surface area (Å²) >= 11 is 5.91. The highest BCUT2D eigenvalue weighted by Crippen LogP contribution is 2.19. The van der Waals surface area contributed by atoms with Crippen LogP contribution in [0.3, 0.4) is 0 Å². The fourth-order valence-electron chi connectivity index (χ4n) is 2.62. The van der Waals surface area contributed by atoms with Gasteiger partial charge in [-0.15, -0.1) is 0 Å². The summed E-state index contributed by atoms with van der Waals surface area (Å²) in [7, 11) is 0. The summed E-state index contributed by atoms with van der Waals surface area (Å²) in [6.07, 6.45) is 2.87. The van der Waals surface area contributed by atoms with E-state index in [1.165, 1.54) is 0 Å². The summed E-state index contributed by atoms with van der Waals surface area (Å²) < 4.78 is 0. The number of halogens is 1. The SMILES string of the molecule is CCCCC(N)C(=O)N1CCN(c2ccc(Cl)cc2)CC1. The molecule has 1 aliphatic rings. The minimum absolute atomic E-state index is 0.0965. The lowest BCUT2D eigenvalue weighted by molar-refractivity contribution is -0.133. The number of nitrogens with two attached hydrogens (primary N) is 1. The lowest BCUT2D eigenvalue weighted by Crippen LogP contribution is -2.53. The maximum atomic E-state index is 12.3. The van der Waals surface area contributed by atoms with Crippen molar-refractivity contribution >= 4 is 23.2 Å². The van der Waals surface area contributed by atoms with Crippen LogP contribution in [0.15, 0.2) is 24.3 Å². The minimum atomic E-state index is -0.341. The zero-order valence-corrected chi connectivity index (χ0v) is 13.4. The second kappa shape index (κ2) is 7.66. The van der Waals surface area contributed by atoms with E-state index in [4.69, 9.17) is 17.3 Å². The van der Waals surface area contributed by atoms with Crippen LogP contribution in [0.5, 0.6) is 0 Å². The number of rotatable bonds is 5. The van der Waals surface area contributed by atoms with Crippen molar-refractivity contribution < 1.29 is 4.79 Å². The second-order valence-corrected chi connectivity index (χ2v) is 5.97. The number of amides is 1. The molecule has 1 aliphatic heterocycles. The molecule has 0 bridgehead atoms. The molecule has 1 atom stereocenters. The first-order valence-corrected chi connectivity index (χ1v) is 8.04. The highest BCUT2D eigenvalue weighted by atomic mass is 35.5. The first-order valence-electron chi connectivity index (χ1n) is 7.66. The molecule has 0 aliphatic carbocycles. The fourth-order valence-corrected chi connectivity index (χ4v) is 2.74. The Kier molecular flexibility index (Phi) is 5.88. The molecule has 1 aromatic rings. The Morgan fingerprint density at radius 3 is 2.43 bits per heavy atom. The molecule has 4 nitrogen and oxygen atoms in total. The highest BCUT2D eigenvalue weighted by molar-refractivity contribution is 6.30. The molecule has 1 amide bonds. The van der Waals surface area contributed by atoms with Gasteiger partial charge < -0.3 is 15.5 Å². The normalized spacial score (nSPS) is 16.9. The van der Waals surface area contributed by atoms with Gasteiger partial charge in [0, 0.05) is 36.9 Å². The van der Waals surface area contributed by atoms with Crippen LogP contribution in [-0.4, -0.2) is 43.0 Å². The van der Waals surface area contributed by atoms with Crippen LogP contribution in [0.1, 0.15) is 26.2 Å². The fraction of sp³-hybridized carbons (Fsp3) is 0.562. The molecular formula is C16H24ClN3O. The highest BCUT2D eigenvalue weighted by Gasteiger charge is 2.24. The molecule has 0 spiro atoms. The number of carbonyl (C=O) groups is 1. The largest absolute Gasteiger partial charge is 0.368 e. The summed E-state index contributed by atoms with van der Waals surface area (Å²) in [6, 6.07) is 7.50. The summed E-state index contributed by atoms with van der Waals surface area (Å²) in [4.78, 5) is 16.4. The van der Waals surface area contributed by atoms with Crippen molar-refractivity contribution in [3.05, 3.63) is 29.3 Å².